The fourth-order valence-corrected chi connectivity index (χ4v) is 3.58. The van der Waals surface area contributed by atoms with Crippen molar-refractivity contribution in [3.8, 4) is 0 Å². The second-order valence-corrected chi connectivity index (χ2v) is 5.56. The molecular formula is C13H26N2. The molecule has 2 heteroatoms. The number of hydrogen-bond acceptors (Lipinski definition) is 2. The van der Waals surface area contributed by atoms with Gasteiger partial charge in [-0.25, -0.2) is 0 Å². The number of piperidine rings is 1. The van der Waals surface area contributed by atoms with Gasteiger partial charge in [-0.05, 0) is 52.2 Å². The molecule has 0 bridgehead atoms. The van der Waals surface area contributed by atoms with Gasteiger partial charge in [-0.2, -0.15) is 0 Å². The average Bonchev–Trinajstić information content (AvgIpc) is 2.72. The molecule has 2 fully saturated rings. The second kappa shape index (κ2) is 5.31. The van der Waals surface area contributed by atoms with Crippen molar-refractivity contribution < 1.29 is 0 Å². The van der Waals surface area contributed by atoms with Crippen molar-refractivity contribution in [2.75, 3.05) is 20.6 Å². The van der Waals surface area contributed by atoms with Gasteiger partial charge in [0, 0.05) is 12.1 Å². The Morgan fingerprint density at radius 3 is 2.20 bits per heavy atom. The van der Waals surface area contributed by atoms with E-state index in [1.54, 1.807) is 0 Å². The maximum atomic E-state index is 3.74. The lowest BCUT2D eigenvalue weighted by Gasteiger charge is -2.39. The molecular weight excluding hydrogens is 184 g/mol. The van der Waals surface area contributed by atoms with E-state index < -0.39 is 0 Å². The smallest absolute Gasteiger partial charge is 0.0271 e. The summed E-state index contributed by atoms with van der Waals surface area (Å²) in [6, 6.07) is 1.55. The van der Waals surface area contributed by atoms with Crippen LogP contribution in [0, 0.1) is 5.92 Å². The van der Waals surface area contributed by atoms with Crippen LogP contribution < -0.4 is 5.32 Å². The van der Waals surface area contributed by atoms with Gasteiger partial charge in [0.25, 0.3) is 0 Å². The van der Waals surface area contributed by atoms with Crippen molar-refractivity contribution in [1.82, 2.24) is 10.2 Å². The van der Waals surface area contributed by atoms with Gasteiger partial charge >= 0.3 is 0 Å². The third kappa shape index (κ3) is 2.73. The van der Waals surface area contributed by atoms with E-state index in [1.807, 2.05) is 0 Å². The summed E-state index contributed by atoms with van der Waals surface area (Å²) >= 11 is 0. The standard InChI is InChI=1S/C13H26N2/c1-15(2)13(11-7-3-4-8-11)12-9-5-6-10-14-12/h11-14H,3-10H2,1-2H3. The first-order valence-corrected chi connectivity index (χ1v) is 6.69. The van der Waals surface area contributed by atoms with Crippen LogP contribution in [0.4, 0.5) is 0 Å². The molecule has 2 nitrogen and oxygen atoms in total. The Morgan fingerprint density at radius 2 is 1.67 bits per heavy atom. The summed E-state index contributed by atoms with van der Waals surface area (Å²) in [7, 11) is 4.53. The predicted molar refractivity (Wildman–Crippen MR) is 65.1 cm³/mol. The normalized spacial score (nSPS) is 31.0. The first-order valence-electron chi connectivity index (χ1n) is 6.69. The first-order chi connectivity index (χ1) is 7.29. The summed E-state index contributed by atoms with van der Waals surface area (Å²) in [6.45, 7) is 1.24. The Hall–Kier alpha value is -0.0800. The highest BCUT2D eigenvalue weighted by molar-refractivity contribution is 4.91. The van der Waals surface area contributed by atoms with E-state index in [2.05, 4.69) is 24.3 Å². The second-order valence-electron chi connectivity index (χ2n) is 5.56. The highest BCUT2D eigenvalue weighted by Gasteiger charge is 2.33. The maximum Gasteiger partial charge on any atom is 0.0271 e. The van der Waals surface area contributed by atoms with E-state index >= 15 is 0 Å². The zero-order valence-electron chi connectivity index (χ0n) is 10.3. The third-order valence-corrected chi connectivity index (χ3v) is 4.24. The zero-order chi connectivity index (χ0) is 10.7. The minimum absolute atomic E-state index is 0.761. The lowest BCUT2D eigenvalue weighted by atomic mass is 9.86. The SMILES string of the molecule is CN(C)C(C1CCCC1)C1CCCCN1. The Kier molecular flexibility index (Phi) is 4.04. The van der Waals surface area contributed by atoms with Gasteiger partial charge < -0.3 is 10.2 Å². The van der Waals surface area contributed by atoms with Crippen molar-refractivity contribution in [3.05, 3.63) is 0 Å². The molecule has 1 saturated carbocycles. The molecule has 2 atom stereocenters. The van der Waals surface area contributed by atoms with E-state index in [0.717, 1.165) is 18.0 Å². The van der Waals surface area contributed by atoms with E-state index in [4.69, 9.17) is 0 Å². The molecule has 0 radical (unpaired) electrons. The van der Waals surface area contributed by atoms with Gasteiger partial charge in [0.1, 0.15) is 0 Å². The van der Waals surface area contributed by atoms with E-state index in [9.17, 15) is 0 Å². The van der Waals surface area contributed by atoms with Crippen LogP contribution in [0.2, 0.25) is 0 Å². The Labute approximate surface area is 94.4 Å². The monoisotopic (exact) mass is 210 g/mol. The molecule has 2 aliphatic rings. The number of likely N-dealkylation sites (N-methyl/N-ethyl adjacent to an activating group) is 1. The summed E-state index contributed by atoms with van der Waals surface area (Å²) in [5.74, 6) is 0.954. The summed E-state index contributed by atoms with van der Waals surface area (Å²) in [4.78, 5) is 2.47. The molecule has 1 N–H and O–H groups in total. The van der Waals surface area contributed by atoms with Crippen LogP contribution in [0.15, 0.2) is 0 Å². The summed E-state index contributed by atoms with van der Waals surface area (Å²) in [5, 5.41) is 3.74. The van der Waals surface area contributed by atoms with Crippen LogP contribution in [0.1, 0.15) is 44.9 Å². The number of hydrogen-bond donors (Lipinski definition) is 1. The number of rotatable bonds is 3. The molecule has 0 amide bonds. The lowest BCUT2D eigenvalue weighted by molar-refractivity contribution is 0.143. The summed E-state index contributed by atoms with van der Waals surface area (Å²) in [6.07, 6.45) is 10.0. The maximum absolute atomic E-state index is 3.74. The Bertz CT molecular complexity index is 179. The molecule has 1 saturated heterocycles. The van der Waals surface area contributed by atoms with Gasteiger partial charge in [0.15, 0.2) is 0 Å². The van der Waals surface area contributed by atoms with Crippen molar-refractivity contribution in [1.29, 1.82) is 0 Å². The molecule has 1 aliphatic carbocycles. The van der Waals surface area contributed by atoms with Crippen LogP contribution in [0.5, 0.6) is 0 Å². The van der Waals surface area contributed by atoms with Crippen LogP contribution >= 0.6 is 0 Å². The summed E-state index contributed by atoms with van der Waals surface area (Å²) in [5.41, 5.74) is 0. The van der Waals surface area contributed by atoms with Crippen LogP contribution in [-0.2, 0) is 0 Å². The van der Waals surface area contributed by atoms with Crippen molar-refractivity contribution in [3.63, 3.8) is 0 Å². The topological polar surface area (TPSA) is 15.3 Å². The summed E-state index contributed by atoms with van der Waals surface area (Å²) < 4.78 is 0. The number of nitrogens with one attached hydrogen (secondary N) is 1. The van der Waals surface area contributed by atoms with Crippen LogP contribution in [0.25, 0.3) is 0 Å². The van der Waals surface area contributed by atoms with E-state index in [-0.39, 0.29) is 0 Å². The molecule has 15 heavy (non-hydrogen) atoms. The average molecular weight is 210 g/mol. The molecule has 1 aliphatic heterocycles. The van der Waals surface area contributed by atoms with Gasteiger partial charge in [0.2, 0.25) is 0 Å². The van der Waals surface area contributed by atoms with Crippen LogP contribution in [0.3, 0.4) is 0 Å². The quantitative estimate of drug-likeness (QED) is 0.768. The predicted octanol–water partition coefficient (Wildman–Crippen LogP) is 2.25. The first kappa shape index (κ1) is 11.4. The third-order valence-electron chi connectivity index (χ3n) is 4.24. The van der Waals surface area contributed by atoms with Gasteiger partial charge in [-0.1, -0.05) is 19.3 Å². The molecule has 0 aromatic heterocycles. The van der Waals surface area contributed by atoms with Gasteiger partial charge in [0.05, 0.1) is 0 Å². The molecule has 2 unspecified atom stereocenters. The molecule has 0 aromatic carbocycles. The highest BCUT2D eigenvalue weighted by Crippen LogP contribution is 2.32. The fraction of sp³-hybridized carbons (Fsp3) is 1.00. The molecule has 0 aromatic rings. The zero-order valence-corrected chi connectivity index (χ0v) is 10.3. The van der Waals surface area contributed by atoms with Crippen molar-refractivity contribution >= 4 is 0 Å². The van der Waals surface area contributed by atoms with Gasteiger partial charge in [-0.3, -0.25) is 0 Å². The van der Waals surface area contributed by atoms with Crippen molar-refractivity contribution in [2.24, 2.45) is 5.92 Å². The minimum atomic E-state index is 0.761. The Balaban J connectivity index is 1.97. The largest absolute Gasteiger partial charge is 0.312 e. The van der Waals surface area contributed by atoms with E-state index in [0.29, 0.717) is 0 Å². The fourth-order valence-electron chi connectivity index (χ4n) is 3.58. The highest BCUT2D eigenvalue weighted by atomic mass is 15.1. The van der Waals surface area contributed by atoms with E-state index in [1.165, 1.54) is 51.5 Å². The lowest BCUT2D eigenvalue weighted by Crippen LogP contribution is -2.52. The van der Waals surface area contributed by atoms with Gasteiger partial charge in [-0.15, -0.1) is 0 Å². The Morgan fingerprint density at radius 1 is 1.00 bits per heavy atom. The number of nitrogens with zero attached hydrogens (tertiary/aromatic N) is 1. The molecule has 88 valence electrons. The molecule has 0 spiro atoms. The van der Waals surface area contributed by atoms with Crippen LogP contribution in [-0.4, -0.2) is 37.6 Å². The molecule has 1 heterocycles. The molecule has 2 rings (SSSR count). The van der Waals surface area contributed by atoms with Crippen molar-refractivity contribution in [2.45, 2.75) is 57.0 Å². The minimum Gasteiger partial charge on any atom is -0.312 e.